The summed E-state index contributed by atoms with van der Waals surface area (Å²) >= 11 is 0. The number of hydrogen-bond acceptors (Lipinski definition) is 4. The number of rotatable bonds is 2. The molecule has 1 saturated heterocycles. The third-order valence-electron chi connectivity index (χ3n) is 4.70. The van der Waals surface area contributed by atoms with Gasteiger partial charge >= 0.3 is 0 Å². The molecule has 5 nitrogen and oxygen atoms in total. The van der Waals surface area contributed by atoms with E-state index in [0.29, 0.717) is 5.65 Å². The average Bonchev–Trinajstić information content (AvgIpc) is 3.30. The zero-order valence-corrected chi connectivity index (χ0v) is 13.2. The lowest BCUT2D eigenvalue weighted by molar-refractivity contribution is 0.478. The maximum absolute atomic E-state index is 4.72. The Morgan fingerprint density at radius 1 is 1.04 bits per heavy atom. The zero-order chi connectivity index (χ0) is 15.9. The molecule has 2 aromatic carbocycles. The van der Waals surface area contributed by atoms with Crippen molar-refractivity contribution in [1.29, 1.82) is 0 Å². The first-order chi connectivity index (χ1) is 11.9. The minimum Gasteiger partial charge on any atom is -0.298 e. The monoisotopic (exact) mass is 315 g/mol. The number of nitrogens with zero attached hydrogens (tertiary/aromatic N) is 4. The number of aromatic nitrogens is 4. The van der Waals surface area contributed by atoms with Crippen LogP contribution in [0.4, 0.5) is 0 Å². The molecule has 5 heteroatoms. The molecule has 1 fully saturated rings. The summed E-state index contributed by atoms with van der Waals surface area (Å²) in [7, 11) is 0. The number of nitrogens with one attached hydrogen (secondary N) is 1. The maximum Gasteiger partial charge on any atom is 0.198 e. The highest BCUT2D eigenvalue weighted by atomic mass is 15.2. The second-order valence-corrected chi connectivity index (χ2v) is 6.23. The van der Waals surface area contributed by atoms with E-state index in [4.69, 9.17) is 4.98 Å². The Bertz CT molecular complexity index is 1030. The minimum atomic E-state index is 0.288. The third-order valence-corrected chi connectivity index (χ3v) is 4.70. The lowest BCUT2D eigenvalue weighted by Gasteiger charge is -2.12. The SMILES string of the molecule is c1ccc2cc(-c3cnc4c(ncn4[C@H]4CCCN4)n3)ccc2c1. The summed E-state index contributed by atoms with van der Waals surface area (Å²) < 4.78 is 2.10. The largest absolute Gasteiger partial charge is 0.298 e. The van der Waals surface area contributed by atoms with Crippen molar-refractivity contribution in [3.8, 4) is 11.3 Å². The van der Waals surface area contributed by atoms with E-state index in [1.54, 1.807) is 0 Å². The van der Waals surface area contributed by atoms with Crippen LogP contribution in [-0.4, -0.2) is 26.1 Å². The fourth-order valence-corrected chi connectivity index (χ4v) is 3.43. The molecular weight excluding hydrogens is 298 g/mol. The molecule has 1 atom stereocenters. The summed E-state index contributed by atoms with van der Waals surface area (Å²) in [6.45, 7) is 1.05. The second kappa shape index (κ2) is 5.39. The molecule has 1 aliphatic rings. The molecule has 0 unspecified atom stereocenters. The Hall–Kier alpha value is -2.79. The molecule has 24 heavy (non-hydrogen) atoms. The standard InChI is InChI=1S/C19H17N5/c1-2-5-14-10-15(8-7-13(14)4-1)16-11-21-19-18(23-16)22-12-24(19)17-6-3-9-20-17/h1-2,4-5,7-8,10-12,17,20H,3,6,9H2/t17-/m0/s1. The quantitative estimate of drug-likeness (QED) is 0.615. The van der Waals surface area contributed by atoms with Crippen molar-refractivity contribution in [3.05, 3.63) is 55.0 Å². The fraction of sp³-hybridized carbons (Fsp3) is 0.211. The molecule has 0 radical (unpaired) electrons. The Morgan fingerprint density at radius 2 is 1.96 bits per heavy atom. The van der Waals surface area contributed by atoms with E-state index in [1.807, 2.05) is 12.5 Å². The molecule has 4 aromatic rings. The Kier molecular flexibility index (Phi) is 3.06. The van der Waals surface area contributed by atoms with E-state index in [1.165, 1.54) is 17.2 Å². The van der Waals surface area contributed by atoms with Crippen LogP contribution < -0.4 is 5.32 Å². The van der Waals surface area contributed by atoms with Crippen LogP contribution in [0.1, 0.15) is 19.0 Å². The summed E-state index contributed by atoms with van der Waals surface area (Å²) in [5, 5.41) is 5.91. The lowest BCUT2D eigenvalue weighted by atomic mass is 10.1. The van der Waals surface area contributed by atoms with Crippen LogP contribution in [0, 0.1) is 0 Å². The number of benzene rings is 2. The van der Waals surface area contributed by atoms with Crippen molar-refractivity contribution in [1.82, 2.24) is 24.8 Å². The van der Waals surface area contributed by atoms with Crippen LogP contribution in [0.5, 0.6) is 0 Å². The van der Waals surface area contributed by atoms with Crippen LogP contribution in [0.15, 0.2) is 55.0 Å². The van der Waals surface area contributed by atoms with Gasteiger partial charge in [-0.1, -0.05) is 36.4 Å². The van der Waals surface area contributed by atoms with Crippen molar-refractivity contribution in [2.24, 2.45) is 0 Å². The van der Waals surface area contributed by atoms with E-state index < -0.39 is 0 Å². The molecule has 0 aliphatic carbocycles. The first-order valence-corrected chi connectivity index (χ1v) is 8.31. The number of imidazole rings is 1. The van der Waals surface area contributed by atoms with Crippen LogP contribution in [-0.2, 0) is 0 Å². The van der Waals surface area contributed by atoms with E-state index in [2.05, 4.69) is 62.3 Å². The van der Waals surface area contributed by atoms with Gasteiger partial charge in [0.15, 0.2) is 11.3 Å². The van der Waals surface area contributed by atoms with Crippen LogP contribution in [0.25, 0.3) is 33.3 Å². The third kappa shape index (κ3) is 2.17. The molecule has 2 aromatic heterocycles. The molecular formula is C19H17N5. The van der Waals surface area contributed by atoms with Gasteiger partial charge in [0.25, 0.3) is 0 Å². The first kappa shape index (κ1) is 13.6. The van der Waals surface area contributed by atoms with Gasteiger partial charge in [-0.2, -0.15) is 0 Å². The van der Waals surface area contributed by atoms with Crippen molar-refractivity contribution < 1.29 is 0 Å². The van der Waals surface area contributed by atoms with Crippen molar-refractivity contribution in [2.45, 2.75) is 19.0 Å². The number of hydrogen-bond donors (Lipinski definition) is 1. The Balaban J connectivity index is 1.59. The number of fused-ring (bicyclic) bond motifs is 2. The summed E-state index contributed by atoms with van der Waals surface area (Å²) in [4.78, 5) is 13.8. The van der Waals surface area contributed by atoms with Gasteiger partial charge in [0.05, 0.1) is 18.1 Å². The van der Waals surface area contributed by atoms with Crippen LogP contribution in [0.2, 0.25) is 0 Å². The summed E-state index contributed by atoms with van der Waals surface area (Å²) in [6, 6.07) is 14.7. The average molecular weight is 315 g/mol. The summed E-state index contributed by atoms with van der Waals surface area (Å²) in [6.07, 6.45) is 6.28. The molecule has 1 N–H and O–H groups in total. The predicted octanol–water partition coefficient (Wildman–Crippen LogP) is 3.53. The van der Waals surface area contributed by atoms with Crippen LogP contribution >= 0.6 is 0 Å². The molecule has 0 bridgehead atoms. The van der Waals surface area contributed by atoms with E-state index in [9.17, 15) is 0 Å². The van der Waals surface area contributed by atoms with E-state index >= 15 is 0 Å². The highest BCUT2D eigenvalue weighted by molar-refractivity contribution is 5.87. The first-order valence-electron chi connectivity index (χ1n) is 8.31. The van der Waals surface area contributed by atoms with Crippen LogP contribution in [0.3, 0.4) is 0 Å². The van der Waals surface area contributed by atoms with Gasteiger partial charge in [-0.25, -0.2) is 15.0 Å². The smallest absolute Gasteiger partial charge is 0.198 e. The van der Waals surface area contributed by atoms with E-state index in [-0.39, 0.29) is 6.17 Å². The molecule has 0 amide bonds. The second-order valence-electron chi connectivity index (χ2n) is 6.23. The molecule has 118 valence electrons. The summed E-state index contributed by atoms with van der Waals surface area (Å²) in [5.74, 6) is 0. The van der Waals surface area contributed by atoms with Gasteiger partial charge in [0, 0.05) is 5.56 Å². The maximum atomic E-state index is 4.72. The van der Waals surface area contributed by atoms with Gasteiger partial charge in [-0.05, 0) is 36.2 Å². The fourth-order valence-electron chi connectivity index (χ4n) is 3.43. The van der Waals surface area contributed by atoms with E-state index in [0.717, 1.165) is 29.9 Å². The Labute approximate surface area is 139 Å². The topological polar surface area (TPSA) is 55.6 Å². The molecule has 0 spiro atoms. The van der Waals surface area contributed by atoms with Crippen molar-refractivity contribution >= 4 is 22.1 Å². The summed E-state index contributed by atoms with van der Waals surface area (Å²) in [5.41, 5.74) is 3.47. The van der Waals surface area contributed by atoms with Gasteiger partial charge in [-0.15, -0.1) is 0 Å². The highest BCUT2D eigenvalue weighted by Gasteiger charge is 2.19. The lowest BCUT2D eigenvalue weighted by Crippen LogP contribution is -2.19. The van der Waals surface area contributed by atoms with Crippen molar-refractivity contribution in [2.75, 3.05) is 6.54 Å². The molecule has 5 rings (SSSR count). The van der Waals surface area contributed by atoms with Gasteiger partial charge < -0.3 is 0 Å². The molecule has 0 saturated carbocycles. The van der Waals surface area contributed by atoms with Gasteiger partial charge in [0.2, 0.25) is 0 Å². The van der Waals surface area contributed by atoms with Gasteiger partial charge in [0.1, 0.15) is 6.33 Å². The van der Waals surface area contributed by atoms with Crippen molar-refractivity contribution in [3.63, 3.8) is 0 Å². The molecule has 1 aliphatic heterocycles. The minimum absolute atomic E-state index is 0.288. The van der Waals surface area contributed by atoms with Gasteiger partial charge in [-0.3, -0.25) is 9.88 Å². The zero-order valence-electron chi connectivity index (χ0n) is 13.2. The highest BCUT2D eigenvalue weighted by Crippen LogP contribution is 2.25. The predicted molar refractivity (Wildman–Crippen MR) is 94.5 cm³/mol. The normalized spacial score (nSPS) is 17.8. The molecule has 3 heterocycles. The Morgan fingerprint density at radius 3 is 2.83 bits per heavy atom.